The van der Waals surface area contributed by atoms with Gasteiger partial charge in [-0.3, -0.25) is 14.1 Å². The van der Waals surface area contributed by atoms with Crippen LogP contribution in [0.3, 0.4) is 0 Å². The Balaban J connectivity index is -0.00000000750. The van der Waals surface area contributed by atoms with E-state index in [2.05, 4.69) is 0 Å². The Morgan fingerprint density at radius 3 is 1.00 bits per heavy atom. The second kappa shape index (κ2) is 35.6. The summed E-state index contributed by atoms with van der Waals surface area (Å²) in [5.74, 6) is 0. The van der Waals surface area contributed by atoms with E-state index in [0.717, 1.165) is 0 Å². The summed E-state index contributed by atoms with van der Waals surface area (Å²) in [7, 11) is 0. The summed E-state index contributed by atoms with van der Waals surface area (Å²) in [5, 5.41) is 13.9. The summed E-state index contributed by atoms with van der Waals surface area (Å²) in [5.41, 5.74) is 0. The van der Waals surface area contributed by atoms with Gasteiger partial charge in [0.2, 0.25) is 0 Å². The molecule has 2 N–H and O–H groups in total. The molecule has 0 aliphatic rings. The van der Waals surface area contributed by atoms with Gasteiger partial charge in [0.25, 0.3) is 0 Å². The van der Waals surface area contributed by atoms with E-state index in [9.17, 15) is 0 Å². The van der Waals surface area contributed by atoms with Gasteiger partial charge in [-0.25, -0.2) is 4.79 Å². The number of carboxylic acid groups (broad SMARTS) is 2. The predicted octanol–water partition coefficient (Wildman–Crippen LogP) is 0.299. The van der Waals surface area contributed by atoms with Crippen molar-refractivity contribution in [2.24, 2.45) is 0 Å². The lowest BCUT2D eigenvalue weighted by atomic mass is 10.8. The quantitative estimate of drug-likeness (QED) is 0.467. The van der Waals surface area contributed by atoms with E-state index in [1.54, 1.807) is 0 Å². The fraction of sp³-hybridized carbons (Fsp3) is 0. The lowest BCUT2D eigenvalue weighted by molar-refractivity contribution is 0.137. The van der Waals surface area contributed by atoms with Crippen LogP contribution in [0, 0.1) is 0 Å². The molecule has 0 rings (SSSR count). The maximum Gasteiger partial charge on any atom is 0.503 e. The first-order valence-corrected chi connectivity index (χ1v) is 0.651. The summed E-state index contributed by atoms with van der Waals surface area (Å²) in [6, 6.07) is 0. The topological polar surface area (TPSA) is 57.5 Å². The molecule has 0 spiro atoms. The zero-order chi connectivity index (χ0) is 3.58. The highest BCUT2D eigenvalue weighted by molar-refractivity contribution is 5.75. The molecule has 0 aliphatic carbocycles. The third-order valence-corrected chi connectivity index (χ3v) is 0. The molecule has 0 unspecified atom stereocenters. The lowest BCUT2D eigenvalue weighted by Gasteiger charge is -1.60. The lowest BCUT2D eigenvalue weighted by Crippen LogP contribution is -1.81. The average Bonchev–Trinajstić information content (AvgIpc) is 0.811. The molecule has 0 aromatic rings. The van der Waals surface area contributed by atoms with Crippen molar-refractivity contribution in [2.45, 2.75) is 0 Å². The van der Waals surface area contributed by atoms with Gasteiger partial charge in [0.15, 0.2) is 0 Å². The summed E-state index contributed by atoms with van der Waals surface area (Å²) in [6.07, 6.45) is -1.83. The molecule has 0 atom stereocenters. The van der Waals surface area contributed by atoms with Crippen LogP contribution in [0.15, 0.2) is 0 Å². The molecule has 3 nitrogen and oxygen atoms in total. The van der Waals surface area contributed by atoms with Crippen molar-refractivity contribution in [3.8, 4) is 0 Å². The molecular formula is CH5BF3O3. The van der Waals surface area contributed by atoms with Crippen molar-refractivity contribution in [1.82, 2.24) is 0 Å². The third-order valence-electron chi connectivity index (χ3n) is 0. The first-order valence-electron chi connectivity index (χ1n) is 0.651. The number of halogens is 3. The molecule has 0 aromatic carbocycles. The predicted molar refractivity (Wildman–Crippen MR) is 23.9 cm³/mol. The standard InChI is InChI=1S/CH2O3.B.3FH/c2-1(3)4;;;;/h(H2,2,3,4);;3*1H. The van der Waals surface area contributed by atoms with Crippen LogP contribution in [0.5, 0.6) is 0 Å². The molecule has 8 heavy (non-hydrogen) atoms. The zero-order valence-corrected chi connectivity index (χ0v) is 3.60. The van der Waals surface area contributed by atoms with Crippen LogP contribution < -0.4 is 0 Å². The Morgan fingerprint density at radius 2 is 1.00 bits per heavy atom. The summed E-state index contributed by atoms with van der Waals surface area (Å²) in [4.78, 5) is 8.56. The fourth-order valence-electron chi connectivity index (χ4n) is 0. The van der Waals surface area contributed by atoms with Gasteiger partial charge in [-0.1, -0.05) is 0 Å². The minimum absolute atomic E-state index is 0. The molecule has 0 aromatic heterocycles. The van der Waals surface area contributed by atoms with Gasteiger partial charge >= 0.3 is 6.16 Å². The summed E-state index contributed by atoms with van der Waals surface area (Å²) >= 11 is 0. The second-order valence-electron chi connectivity index (χ2n) is 0.283. The molecule has 0 amide bonds. The second-order valence-corrected chi connectivity index (χ2v) is 0.283. The molecule has 0 fully saturated rings. The number of hydrogen-bond donors (Lipinski definition) is 2. The van der Waals surface area contributed by atoms with E-state index in [-0.39, 0.29) is 22.5 Å². The minimum Gasteiger partial charge on any atom is -0.450 e. The van der Waals surface area contributed by atoms with Gasteiger partial charge in [0.1, 0.15) is 0 Å². The van der Waals surface area contributed by atoms with Gasteiger partial charge < -0.3 is 10.2 Å². The van der Waals surface area contributed by atoms with Crippen molar-refractivity contribution in [2.75, 3.05) is 0 Å². The van der Waals surface area contributed by atoms with Crippen molar-refractivity contribution in [3.05, 3.63) is 0 Å². The molecule has 3 radical (unpaired) electrons. The van der Waals surface area contributed by atoms with E-state index in [4.69, 9.17) is 15.0 Å². The highest BCUT2D eigenvalue weighted by Crippen LogP contribution is 1.42. The van der Waals surface area contributed by atoms with Gasteiger partial charge in [0, 0.05) is 8.41 Å². The molecule has 51 valence electrons. The van der Waals surface area contributed by atoms with E-state index in [1.165, 1.54) is 0 Å². The first kappa shape index (κ1) is 59.2. The Bertz CT molecular complexity index is 37.5. The van der Waals surface area contributed by atoms with Crippen LogP contribution in [0.25, 0.3) is 0 Å². The third kappa shape index (κ3) is 114. The highest BCUT2D eigenvalue weighted by atomic mass is 19.0. The highest BCUT2D eigenvalue weighted by Gasteiger charge is 1.70. The molecule has 0 bridgehead atoms. The molecule has 0 saturated heterocycles. The van der Waals surface area contributed by atoms with Crippen LogP contribution in [0.2, 0.25) is 0 Å². The van der Waals surface area contributed by atoms with Crippen LogP contribution in [0.1, 0.15) is 0 Å². The SMILES string of the molecule is F.F.F.O=C(O)O.[B]. The van der Waals surface area contributed by atoms with Gasteiger partial charge in [0.05, 0.1) is 0 Å². The van der Waals surface area contributed by atoms with Crippen molar-refractivity contribution >= 4 is 14.6 Å². The smallest absolute Gasteiger partial charge is 0.450 e. The summed E-state index contributed by atoms with van der Waals surface area (Å²) < 4.78 is 0. The summed E-state index contributed by atoms with van der Waals surface area (Å²) in [6.45, 7) is 0. The van der Waals surface area contributed by atoms with Crippen LogP contribution in [0.4, 0.5) is 18.9 Å². The van der Waals surface area contributed by atoms with Crippen LogP contribution >= 0.6 is 0 Å². The van der Waals surface area contributed by atoms with Gasteiger partial charge in [-0.2, -0.15) is 0 Å². The minimum atomic E-state index is -1.83. The normalized spacial score (nSPS) is 3.00. The number of carbonyl (C=O) groups is 1. The molecule has 7 heteroatoms. The Morgan fingerprint density at radius 1 is 1.00 bits per heavy atom. The van der Waals surface area contributed by atoms with E-state index in [1.807, 2.05) is 0 Å². The largest absolute Gasteiger partial charge is 0.503 e. The number of hydrogen-bond acceptors (Lipinski definition) is 1. The van der Waals surface area contributed by atoms with E-state index < -0.39 is 6.16 Å². The van der Waals surface area contributed by atoms with E-state index >= 15 is 0 Å². The Hall–Kier alpha value is -0.875. The molecule has 0 saturated carbocycles. The van der Waals surface area contributed by atoms with Crippen LogP contribution in [-0.2, 0) is 0 Å². The molecule has 0 heterocycles. The number of rotatable bonds is 0. The molecule has 0 aliphatic heterocycles. The molecular weight excluding hydrogens is 128 g/mol. The average molecular weight is 133 g/mol. The van der Waals surface area contributed by atoms with Crippen molar-refractivity contribution in [3.63, 3.8) is 0 Å². The van der Waals surface area contributed by atoms with Gasteiger partial charge in [-0.15, -0.1) is 0 Å². The maximum absolute atomic E-state index is 8.56. The Kier molecular flexibility index (Phi) is 264. The zero-order valence-electron chi connectivity index (χ0n) is 3.60. The van der Waals surface area contributed by atoms with Gasteiger partial charge in [-0.05, 0) is 0 Å². The monoisotopic (exact) mass is 133 g/mol. The van der Waals surface area contributed by atoms with Crippen molar-refractivity contribution < 1.29 is 29.1 Å². The fourth-order valence-corrected chi connectivity index (χ4v) is 0. The van der Waals surface area contributed by atoms with E-state index in [0.29, 0.717) is 0 Å². The van der Waals surface area contributed by atoms with Crippen LogP contribution in [-0.4, -0.2) is 24.8 Å². The first-order chi connectivity index (χ1) is 1.73. The maximum atomic E-state index is 8.56. The van der Waals surface area contributed by atoms with Crippen molar-refractivity contribution in [1.29, 1.82) is 0 Å². The Labute approximate surface area is 45.0 Å².